The first-order chi connectivity index (χ1) is 8.69. The van der Waals surface area contributed by atoms with Crippen LogP contribution in [0.5, 0.6) is 0 Å². The van der Waals surface area contributed by atoms with Gasteiger partial charge in [0, 0.05) is 17.5 Å². The van der Waals surface area contributed by atoms with Crippen LogP contribution in [0.2, 0.25) is 0 Å². The predicted octanol–water partition coefficient (Wildman–Crippen LogP) is 2.48. The maximum Gasteiger partial charge on any atom is 0.251 e. The summed E-state index contributed by atoms with van der Waals surface area (Å²) in [6, 6.07) is 7.31. The third-order valence-corrected chi connectivity index (χ3v) is 2.71. The largest absolute Gasteiger partial charge is 0.305 e. The predicted molar refractivity (Wildman–Crippen MR) is 71.4 cm³/mol. The van der Waals surface area contributed by atoms with Gasteiger partial charge in [-0.15, -0.1) is 0 Å². The van der Waals surface area contributed by atoms with Gasteiger partial charge in [-0.2, -0.15) is 0 Å². The lowest BCUT2D eigenvalue weighted by molar-refractivity contribution is 0.777. The van der Waals surface area contributed by atoms with Gasteiger partial charge in [0.05, 0.1) is 0 Å². The molecule has 2 aromatic heterocycles. The molecule has 0 aliphatic rings. The Morgan fingerprint density at radius 2 is 2.11 bits per heavy atom. The Morgan fingerprint density at radius 3 is 2.83 bits per heavy atom. The fourth-order valence-electron chi connectivity index (χ4n) is 1.81. The highest BCUT2D eigenvalue weighted by Gasteiger charge is 2.04. The molecule has 0 aliphatic heterocycles. The number of aromatic nitrogens is 3. The summed E-state index contributed by atoms with van der Waals surface area (Å²) in [5.74, 6) is 0.540. The number of H-pyrrole nitrogens is 1. The Kier molecular flexibility index (Phi) is 3.87. The van der Waals surface area contributed by atoms with Gasteiger partial charge in [-0.05, 0) is 31.9 Å². The number of unbranched alkanes of at least 4 members (excludes halogenated alkanes) is 1. The van der Waals surface area contributed by atoms with E-state index in [0.717, 1.165) is 30.7 Å². The molecule has 0 radical (unpaired) electrons. The highest BCUT2D eigenvalue weighted by atomic mass is 16.1. The normalized spacial score (nSPS) is 10.6. The van der Waals surface area contributed by atoms with Crippen LogP contribution in [0.15, 0.2) is 29.1 Å². The minimum absolute atomic E-state index is 0.140. The van der Waals surface area contributed by atoms with Gasteiger partial charge < -0.3 is 4.98 Å². The van der Waals surface area contributed by atoms with Gasteiger partial charge in [0.1, 0.15) is 5.69 Å². The molecule has 18 heavy (non-hydrogen) atoms. The third-order valence-electron chi connectivity index (χ3n) is 2.71. The van der Waals surface area contributed by atoms with Crippen molar-refractivity contribution in [2.45, 2.75) is 33.1 Å². The minimum Gasteiger partial charge on any atom is -0.305 e. The van der Waals surface area contributed by atoms with Gasteiger partial charge in [-0.25, -0.2) is 9.97 Å². The molecular formula is C14H17N3O. The first-order valence-corrected chi connectivity index (χ1v) is 6.23. The fraction of sp³-hybridized carbons (Fsp3) is 0.357. The van der Waals surface area contributed by atoms with E-state index in [9.17, 15) is 4.79 Å². The van der Waals surface area contributed by atoms with E-state index in [-0.39, 0.29) is 5.56 Å². The maximum absolute atomic E-state index is 11.4. The maximum atomic E-state index is 11.4. The molecule has 4 heteroatoms. The quantitative estimate of drug-likeness (QED) is 0.897. The van der Waals surface area contributed by atoms with Crippen molar-refractivity contribution >= 4 is 0 Å². The Bertz CT molecular complexity index is 590. The highest BCUT2D eigenvalue weighted by molar-refractivity contribution is 5.48. The number of hydrogen-bond acceptors (Lipinski definition) is 3. The molecule has 0 aromatic carbocycles. The molecule has 2 heterocycles. The first-order valence-electron chi connectivity index (χ1n) is 6.23. The van der Waals surface area contributed by atoms with Gasteiger partial charge in [0.25, 0.3) is 5.56 Å². The summed E-state index contributed by atoms with van der Waals surface area (Å²) in [5.41, 5.74) is 2.33. The van der Waals surface area contributed by atoms with Crippen LogP contribution in [0.4, 0.5) is 0 Å². The summed E-state index contributed by atoms with van der Waals surface area (Å²) < 4.78 is 0. The molecule has 0 atom stereocenters. The van der Waals surface area contributed by atoms with Crippen LogP contribution in [0.1, 0.15) is 31.2 Å². The standard InChI is InChI=1S/C14H17N3O/c1-3-4-6-11-7-5-8-12(16-11)14-15-10(2)9-13(18)17-14/h5,7-9H,3-4,6H2,1-2H3,(H,15,17,18). The molecule has 0 amide bonds. The van der Waals surface area contributed by atoms with E-state index in [2.05, 4.69) is 21.9 Å². The van der Waals surface area contributed by atoms with Crippen LogP contribution in [0.3, 0.4) is 0 Å². The molecule has 0 saturated carbocycles. The second-order valence-corrected chi connectivity index (χ2v) is 4.35. The number of aryl methyl sites for hydroxylation is 2. The summed E-state index contributed by atoms with van der Waals surface area (Å²) in [4.78, 5) is 23.0. The lowest BCUT2D eigenvalue weighted by atomic mass is 10.2. The molecule has 4 nitrogen and oxygen atoms in total. The van der Waals surface area contributed by atoms with Crippen molar-refractivity contribution in [3.05, 3.63) is 46.0 Å². The van der Waals surface area contributed by atoms with E-state index in [0.29, 0.717) is 11.5 Å². The van der Waals surface area contributed by atoms with Gasteiger partial charge in [0.15, 0.2) is 5.82 Å². The van der Waals surface area contributed by atoms with Gasteiger partial charge in [-0.3, -0.25) is 4.79 Å². The number of hydrogen-bond donors (Lipinski definition) is 1. The number of rotatable bonds is 4. The topological polar surface area (TPSA) is 58.6 Å². The molecule has 2 rings (SSSR count). The molecule has 94 valence electrons. The zero-order valence-electron chi connectivity index (χ0n) is 10.7. The molecule has 0 unspecified atom stereocenters. The van der Waals surface area contributed by atoms with E-state index in [1.54, 1.807) is 6.92 Å². The van der Waals surface area contributed by atoms with Gasteiger partial charge >= 0.3 is 0 Å². The molecule has 0 spiro atoms. The van der Waals surface area contributed by atoms with Crippen molar-refractivity contribution in [3.63, 3.8) is 0 Å². The van der Waals surface area contributed by atoms with E-state index in [1.165, 1.54) is 6.07 Å². The molecule has 1 N–H and O–H groups in total. The number of nitrogens with one attached hydrogen (secondary N) is 1. The van der Waals surface area contributed by atoms with Crippen molar-refractivity contribution in [1.29, 1.82) is 0 Å². The lowest BCUT2D eigenvalue weighted by Gasteiger charge is -2.04. The van der Waals surface area contributed by atoms with Crippen LogP contribution in [0, 0.1) is 6.92 Å². The highest BCUT2D eigenvalue weighted by Crippen LogP contribution is 2.12. The van der Waals surface area contributed by atoms with Crippen LogP contribution in [-0.2, 0) is 6.42 Å². The average molecular weight is 243 g/mol. The van der Waals surface area contributed by atoms with E-state index < -0.39 is 0 Å². The van der Waals surface area contributed by atoms with Crippen molar-refractivity contribution in [3.8, 4) is 11.5 Å². The average Bonchev–Trinajstić information content (AvgIpc) is 2.35. The van der Waals surface area contributed by atoms with Crippen molar-refractivity contribution in [1.82, 2.24) is 15.0 Å². The fourth-order valence-corrected chi connectivity index (χ4v) is 1.81. The Balaban J connectivity index is 2.35. The summed E-state index contributed by atoms with van der Waals surface area (Å²) in [5, 5.41) is 0. The Morgan fingerprint density at radius 1 is 1.28 bits per heavy atom. The Labute approximate surface area is 106 Å². The lowest BCUT2D eigenvalue weighted by Crippen LogP contribution is -2.09. The zero-order chi connectivity index (χ0) is 13.0. The second-order valence-electron chi connectivity index (χ2n) is 4.35. The number of nitrogens with zero attached hydrogens (tertiary/aromatic N) is 2. The summed E-state index contributed by atoms with van der Waals surface area (Å²) >= 11 is 0. The molecule has 0 aliphatic carbocycles. The molecule has 0 bridgehead atoms. The van der Waals surface area contributed by atoms with Crippen molar-refractivity contribution < 1.29 is 0 Å². The van der Waals surface area contributed by atoms with Crippen molar-refractivity contribution in [2.75, 3.05) is 0 Å². The van der Waals surface area contributed by atoms with E-state index in [1.807, 2.05) is 18.2 Å². The molecule has 0 saturated heterocycles. The van der Waals surface area contributed by atoms with E-state index >= 15 is 0 Å². The van der Waals surface area contributed by atoms with Crippen LogP contribution in [0.25, 0.3) is 11.5 Å². The summed E-state index contributed by atoms with van der Waals surface area (Å²) in [7, 11) is 0. The molecule has 2 aromatic rings. The second kappa shape index (κ2) is 5.58. The van der Waals surface area contributed by atoms with Crippen LogP contribution in [-0.4, -0.2) is 15.0 Å². The number of pyridine rings is 1. The summed E-state index contributed by atoms with van der Waals surface area (Å²) in [6.07, 6.45) is 3.22. The first kappa shape index (κ1) is 12.5. The Hall–Kier alpha value is -1.97. The smallest absolute Gasteiger partial charge is 0.251 e. The van der Waals surface area contributed by atoms with Crippen LogP contribution >= 0.6 is 0 Å². The molecular weight excluding hydrogens is 226 g/mol. The minimum atomic E-state index is -0.140. The van der Waals surface area contributed by atoms with Crippen molar-refractivity contribution in [2.24, 2.45) is 0 Å². The number of aromatic amines is 1. The monoisotopic (exact) mass is 243 g/mol. The van der Waals surface area contributed by atoms with Gasteiger partial charge in [0.2, 0.25) is 0 Å². The molecule has 0 fully saturated rings. The SMILES string of the molecule is CCCCc1cccc(-c2nc(C)cc(=O)[nH]2)n1. The van der Waals surface area contributed by atoms with Gasteiger partial charge in [-0.1, -0.05) is 19.4 Å². The van der Waals surface area contributed by atoms with Crippen LogP contribution < -0.4 is 5.56 Å². The van der Waals surface area contributed by atoms with E-state index in [4.69, 9.17) is 0 Å². The third kappa shape index (κ3) is 3.03. The summed E-state index contributed by atoms with van der Waals surface area (Å²) in [6.45, 7) is 3.96. The zero-order valence-corrected chi connectivity index (χ0v) is 10.7.